The molecule has 20 heavy (non-hydrogen) atoms. The lowest BCUT2D eigenvalue weighted by molar-refractivity contribution is 0.331. The summed E-state index contributed by atoms with van der Waals surface area (Å²) in [6.07, 6.45) is 4.67. The first-order valence-electron chi connectivity index (χ1n) is 7.71. The van der Waals surface area contributed by atoms with E-state index in [0.29, 0.717) is 6.04 Å². The van der Waals surface area contributed by atoms with Crippen LogP contribution in [-0.2, 0) is 6.42 Å². The van der Waals surface area contributed by atoms with Crippen LogP contribution >= 0.6 is 15.9 Å². The molecular formula is C17H28BrNO. The van der Waals surface area contributed by atoms with Crippen molar-refractivity contribution < 1.29 is 4.74 Å². The van der Waals surface area contributed by atoms with Gasteiger partial charge in [-0.05, 0) is 49.1 Å². The molecule has 0 aromatic heterocycles. The highest BCUT2D eigenvalue weighted by atomic mass is 79.9. The zero-order valence-corrected chi connectivity index (χ0v) is 14.8. The average molecular weight is 342 g/mol. The number of ether oxygens (including phenoxy) is 1. The van der Waals surface area contributed by atoms with Crippen molar-refractivity contribution in [1.29, 1.82) is 0 Å². The van der Waals surface area contributed by atoms with Gasteiger partial charge >= 0.3 is 0 Å². The van der Waals surface area contributed by atoms with Crippen molar-refractivity contribution in [3.8, 4) is 5.75 Å². The fraction of sp³-hybridized carbons (Fsp3) is 0.647. The van der Waals surface area contributed by atoms with Gasteiger partial charge in [0, 0.05) is 10.5 Å². The van der Waals surface area contributed by atoms with Crippen molar-refractivity contribution in [2.75, 3.05) is 13.7 Å². The Balaban J connectivity index is 2.87. The van der Waals surface area contributed by atoms with Crippen LogP contribution < -0.4 is 10.1 Å². The number of nitrogens with one attached hydrogen (secondary N) is 1. The zero-order chi connectivity index (χ0) is 15.0. The van der Waals surface area contributed by atoms with Gasteiger partial charge in [0.1, 0.15) is 5.75 Å². The lowest BCUT2D eigenvalue weighted by Crippen LogP contribution is -2.38. The van der Waals surface area contributed by atoms with Crippen LogP contribution in [0.5, 0.6) is 5.75 Å². The van der Waals surface area contributed by atoms with Gasteiger partial charge in [-0.3, -0.25) is 0 Å². The Kier molecular flexibility index (Phi) is 8.24. The topological polar surface area (TPSA) is 21.3 Å². The summed E-state index contributed by atoms with van der Waals surface area (Å²) in [6.45, 7) is 7.88. The summed E-state index contributed by atoms with van der Waals surface area (Å²) in [5, 5.41) is 3.72. The van der Waals surface area contributed by atoms with Gasteiger partial charge in [0.25, 0.3) is 0 Å². The minimum atomic E-state index is 0.536. The number of hydrogen-bond donors (Lipinski definition) is 1. The second-order valence-corrected chi connectivity index (χ2v) is 6.15. The van der Waals surface area contributed by atoms with Gasteiger partial charge in [0.05, 0.1) is 7.11 Å². The van der Waals surface area contributed by atoms with Gasteiger partial charge in [-0.1, -0.05) is 49.5 Å². The van der Waals surface area contributed by atoms with Crippen LogP contribution in [0.15, 0.2) is 22.7 Å². The summed E-state index contributed by atoms with van der Waals surface area (Å²) in [7, 11) is 1.72. The highest BCUT2D eigenvalue weighted by Crippen LogP contribution is 2.26. The summed E-state index contributed by atoms with van der Waals surface area (Å²) < 4.78 is 6.52. The Labute approximate surface area is 132 Å². The van der Waals surface area contributed by atoms with Crippen molar-refractivity contribution in [3.63, 3.8) is 0 Å². The first-order chi connectivity index (χ1) is 9.65. The molecule has 114 valence electrons. The molecule has 0 bridgehead atoms. The van der Waals surface area contributed by atoms with Crippen LogP contribution in [0.2, 0.25) is 0 Å². The normalized spacial score (nSPS) is 12.7. The first-order valence-corrected chi connectivity index (χ1v) is 8.51. The maximum atomic E-state index is 5.34. The highest BCUT2D eigenvalue weighted by Gasteiger charge is 2.19. The molecule has 0 fully saturated rings. The number of hydrogen-bond acceptors (Lipinski definition) is 2. The van der Waals surface area contributed by atoms with Crippen LogP contribution in [0, 0.1) is 5.92 Å². The minimum Gasteiger partial charge on any atom is -0.497 e. The van der Waals surface area contributed by atoms with E-state index in [0.717, 1.165) is 24.6 Å². The van der Waals surface area contributed by atoms with Crippen molar-refractivity contribution in [2.45, 2.75) is 52.5 Å². The largest absolute Gasteiger partial charge is 0.497 e. The Morgan fingerprint density at radius 1 is 1.20 bits per heavy atom. The predicted octanol–water partition coefficient (Wildman–Crippen LogP) is 4.80. The molecule has 2 nitrogen and oxygen atoms in total. The molecule has 1 N–H and O–H groups in total. The van der Waals surface area contributed by atoms with E-state index >= 15 is 0 Å². The van der Waals surface area contributed by atoms with Crippen LogP contribution in [0.4, 0.5) is 0 Å². The third-order valence-corrected chi connectivity index (χ3v) is 4.74. The molecule has 1 aromatic carbocycles. The monoisotopic (exact) mass is 341 g/mol. The van der Waals surface area contributed by atoms with E-state index < -0.39 is 0 Å². The molecule has 0 saturated carbocycles. The quantitative estimate of drug-likeness (QED) is 0.696. The van der Waals surface area contributed by atoms with E-state index in [9.17, 15) is 0 Å². The Bertz CT molecular complexity index is 391. The molecule has 0 radical (unpaired) electrons. The van der Waals surface area contributed by atoms with E-state index in [1.54, 1.807) is 7.11 Å². The smallest absolute Gasteiger partial charge is 0.119 e. The SMILES string of the molecule is CCCNC(Cc1cc(OC)ccc1Br)C(CC)CC. The van der Waals surface area contributed by atoms with Crippen molar-refractivity contribution in [1.82, 2.24) is 5.32 Å². The van der Waals surface area contributed by atoms with E-state index in [2.05, 4.69) is 54.2 Å². The molecule has 3 heteroatoms. The maximum absolute atomic E-state index is 5.34. The molecule has 0 heterocycles. The molecule has 0 amide bonds. The molecule has 0 saturated heterocycles. The number of halogens is 1. The molecule has 0 spiro atoms. The van der Waals surface area contributed by atoms with Crippen molar-refractivity contribution >= 4 is 15.9 Å². The molecule has 1 unspecified atom stereocenters. The summed E-state index contributed by atoms with van der Waals surface area (Å²) in [5.41, 5.74) is 1.32. The summed E-state index contributed by atoms with van der Waals surface area (Å²) in [5.74, 6) is 1.65. The maximum Gasteiger partial charge on any atom is 0.119 e. The number of methoxy groups -OCH3 is 1. The van der Waals surface area contributed by atoms with E-state index in [-0.39, 0.29) is 0 Å². The molecule has 0 aliphatic carbocycles. The number of rotatable bonds is 9. The van der Waals surface area contributed by atoms with E-state index in [4.69, 9.17) is 4.74 Å². The van der Waals surface area contributed by atoms with Gasteiger partial charge in [0.2, 0.25) is 0 Å². The Hall–Kier alpha value is -0.540. The molecule has 1 atom stereocenters. The first kappa shape index (κ1) is 17.5. The molecule has 1 aromatic rings. The van der Waals surface area contributed by atoms with Gasteiger partial charge in [0.15, 0.2) is 0 Å². The lowest BCUT2D eigenvalue weighted by atomic mass is 9.89. The Morgan fingerprint density at radius 2 is 1.90 bits per heavy atom. The second kappa shape index (κ2) is 9.41. The Morgan fingerprint density at radius 3 is 2.45 bits per heavy atom. The average Bonchev–Trinajstić information content (AvgIpc) is 2.47. The van der Waals surface area contributed by atoms with E-state index in [1.165, 1.54) is 29.3 Å². The molecule has 0 aliphatic rings. The third-order valence-electron chi connectivity index (χ3n) is 3.97. The van der Waals surface area contributed by atoms with Gasteiger partial charge in [-0.15, -0.1) is 0 Å². The van der Waals surface area contributed by atoms with Gasteiger partial charge in [-0.2, -0.15) is 0 Å². The standard InChI is InChI=1S/C17H28BrNO/c1-5-10-19-17(13(6-2)7-3)12-14-11-15(20-4)8-9-16(14)18/h8-9,11,13,17,19H,5-7,10,12H2,1-4H3. The van der Waals surface area contributed by atoms with Gasteiger partial charge < -0.3 is 10.1 Å². The minimum absolute atomic E-state index is 0.536. The summed E-state index contributed by atoms with van der Waals surface area (Å²) in [4.78, 5) is 0. The third kappa shape index (κ3) is 5.10. The number of benzene rings is 1. The fourth-order valence-electron chi connectivity index (χ4n) is 2.66. The van der Waals surface area contributed by atoms with Crippen LogP contribution in [0.3, 0.4) is 0 Å². The van der Waals surface area contributed by atoms with Gasteiger partial charge in [-0.25, -0.2) is 0 Å². The molecule has 0 aliphatic heterocycles. The predicted molar refractivity (Wildman–Crippen MR) is 90.6 cm³/mol. The lowest BCUT2D eigenvalue weighted by Gasteiger charge is -2.27. The van der Waals surface area contributed by atoms with Crippen LogP contribution in [0.1, 0.15) is 45.6 Å². The molecular weight excluding hydrogens is 314 g/mol. The molecule has 1 rings (SSSR count). The second-order valence-electron chi connectivity index (χ2n) is 5.30. The van der Waals surface area contributed by atoms with Crippen molar-refractivity contribution in [2.24, 2.45) is 5.92 Å². The van der Waals surface area contributed by atoms with E-state index in [1.807, 2.05) is 6.07 Å². The highest BCUT2D eigenvalue weighted by molar-refractivity contribution is 9.10. The van der Waals surface area contributed by atoms with Crippen LogP contribution in [-0.4, -0.2) is 19.7 Å². The van der Waals surface area contributed by atoms with Crippen molar-refractivity contribution in [3.05, 3.63) is 28.2 Å². The fourth-order valence-corrected chi connectivity index (χ4v) is 3.07. The summed E-state index contributed by atoms with van der Waals surface area (Å²) in [6, 6.07) is 6.76. The van der Waals surface area contributed by atoms with Crippen LogP contribution in [0.25, 0.3) is 0 Å². The summed E-state index contributed by atoms with van der Waals surface area (Å²) >= 11 is 3.67. The zero-order valence-electron chi connectivity index (χ0n) is 13.2.